The van der Waals surface area contributed by atoms with Crippen molar-refractivity contribution in [2.45, 2.75) is 39.7 Å². The third kappa shape index (κ3) is 2.35. The molecule has 19 heavy (non-hydrogen) atoms. The number of nitrogens with zero attached hydrogens (tertiary/aromatic N) is 1. The number of nitrogen functional groups attached to an aromatic ring is 1. The monoisotopic (exact) mass is 260 g/mol. The van der Waals surface area contributed by atoms with E-state index in [0.29, 0.717) is 18.5 Å². The molecule has 102 valence electrons. The average Bonchev–Trinajstić information content (AvgIpc) is 2.35. The maximum absolute atomic E-state index is 12.4. The largest absolute Gasteiger partial charge is 0.399 e. The van der Waals surface area contributed by atoms with Crippen molar-refractivity contribution in [3.8, 4) is 0 Å². The van der Waals surface area contributed by atoms with Crippen LogP contribution in [0.1, 0.15) is 45.2 Å². The highest BCUT2D eigenvalue weighted by Gasteiger charge is 2.45. The van der Waals surface area contributed by atoms with E-state index >= 15 is 0 Å². The first-order chi connectivity index (χ1) is 8.86. The number of amides is 2. The minimum absolute atomic E-state index is 0.0982. The molecule has 1 aromatic rings. The number of carbonyl (C=O) groups excluding carboxylic acids is 2. The predicted molar refractivity (Wildman–Crippen MR) is 74.1 cm³/mol. The Labute approximate surface area is 113 Å². The Morgan fingerprint density at radius 3 is 2.68 bits per heavy atom. The van der Waals surface area contributed by atoms with Gasteiger partial charge in [-0.3, -0.25) is 14.5 Å². The van der Waals surface area contributed by atoms with Crippen LogP contribution in [0.3, 0.4) is 0 Å². The van der Waals surface area contributed by atoms with Crippen LogP contribution in [0.15, 0.2) is 24.3 Å². The molecule has 0 spiro atoms. The Bertz CT molecular complexity index is 523. The smallest absolute Gasteiger partial charge is 0.235 e. The molecule has 4 heteroatoms. The molecule has 1 atom stereocenters. The van der Waals surface area contributed by atoms with Gasteiger partial charge in [-0.15, -0.1) is 0 Å². The van der Waals surface area contributed by atoms with Crippen molar-refractivity contribution in [2.75, 3.05) is 5.73 Å². The van der Waals surface area contributed by atoms with Gasteiger partial charge in [-0.1, -0.05) is 32.9 Å². The van der Waals surface area contributed by atoms with Crippen molar-refractivity contribution in [3.63, 3.8) is 0 Å². The zero-order valence-corrected chi connectivity index (χ0v) is 11.6. The molecule has 2 amide bonds. The molecule has 1 aliphatic heterocycles. The normalized spacial score (nSPS) is 19.2. The molecular weight excluding hydrogens is 240 g/mol. The molecule has 0 bridgehead atoms. The van der Waals surface area contributed by atoms with Crippen LogP contribution in [0.25, 0.3) is 0 Å². The highest BCUT2D eigenvalue weighted by molar-refractivity contribution is 6.02. The Balaban J connectivity index is 2.26. The first kappa shape index (κ1) is 13.6. The standard InChI is InChI=1S/C15H20N2O2/c1-4-15(2,3)14(19)17-12(9-13(17)18)10-6-5-7-11(16)8-10/h5-8,12H,4,9,16H2,1-3H3. The van der Waals surface area contributed by atoms with Crippen LogP contribution in [0, 0.1) is 5.41 Å². The van der Waals surface area contributed by atoms with E-state index < -0.39 is 5.41 Å². The molecule has 1 unspecified atom stereocenters. The lowest BCUT2D eigenvalue weighted by atomic mass is 9.84. The van der Waals surface area contributed by atoms with E-state index in [1.54, 1.807) is 6.07 Å². The van der Waals surface area contributed by atoms with Crippen LogP contribution in [0.2, 0.25) is 0 Å². The maximum atomic E-state index is 12.4. The maximum Gasteiger partial charge on any atom is 0.235 e. The van der Waals surface area contributed by atoms with Gasteiger partial charge >= 0.3 is 0 Å². The van der Waals surface area contributed by atoms with Gasteiger partial charge < -0.3 is 5.73 Å². The van der Waals surface area contributed by atoms with Crippen LogP contribution in [0.5, 0.6) is 0 Å². The number of benzene rings is 1. The Morgan fingerprint density at radius 2 is 2.16 bits per heavy atom. The zero-order valence-electron chi connectivity index (χ0n) is 11.6. The molecule has 2 rings (SSSR count). The summed E-state index contributed by atoms with van der Waals surface area (Å²) < 4.78 is 0. The lowest BCUT2D eigenvalue weighted by Crippen LogP contribution is -2.54. The third-order valence-corrected chi connectivity index (χ3v) is 3.93. The minimum Gasteiger partial charge on any atom is -0.399 e. The van der Waals surface area contributed by atoms with Crippen molar-refractivity contribution in [1.29, 1.82) is 0 Å². The summed E-state index contributed by atoms with van der Waals surface area (Å²) in [5, 5.41) is 0. The van der Waals surface area contributed by atoms with E-state index in [1.165, 1.54) is 4.90 Å². The molecule has 1 fully saturated rings. The second-order valence-corrected chi connectivity index (χ2v) is 5.70. The number of carbonyl (C=O) groups is 2. The molecule has 4 nitrogen and oxygen atoms in total. The van der Waals surface area contributed by atoms with Crippen LogP contribution >= 0.6 is 0 Å². The van der Waals surface area contributed by atoms with Crippen molar-refractivity contribution < 1.29 is 9.59 Å². The van der Waals surface area contributed by atoms with E-state index in [0.717, 1.165) is 5.56 Å². The summed E-state index contributed by atoms with van der Waals surface area (Å²) in [5.41, 5.74) is 6.83. The molecule has 0 aliphatic carbocycles. The quantitative estimate of drug-likeness (QED) is 0.671. The fraction of sp³-hybridized carbons (Fsp3) is 0.467. The van der Waals surface area contributed by atoms with Gasteiger partial charge in [0.25, 0.3) is 0 Å². The number of imide groups is 1. The molecule has 0 aromatic heterocycles. The number of β-lactam (4-membered cyclic amide) rings is 1. The summed E-state index contributed by atoms with van der Waals surface area (Å²) >= 11 is 0. The summed E-state index contributed by atoms with van der Waals surface area (Å²) in [6.45, 7) is 5.70. The van der Waals surface area contributed by atoms with Gasteiger partial charge in [0.2, 0.25) is 11.8 Å². The summed E-state index contributed by atoms with van der Waals surface area (Å²) in [6, 6.07) is 7.23. The molecule has 0 radical (unpaired) electrons. The van der Waals surface area contributed by atoms with Crippen molar-refractivity contribution in [1.82, 2.24) is 4.90 Å². The SMILES string of the molecule is CCC(C)(C)C(=O)N1C(=O)CC1c1cccc(N)c1. The molecule has 2 N–H and O–H groups in total. The average molecular weight is 260 g/mol. The van der Waals surface area contributed by atoms with E-state index in [1.807, 2.05) is 39.0 Å². The molecule has 1 aliphatic rings. The molecule has 1 saturated heterocycles. The van der Waals surface area contributed by atoms with E-state index in [4.69, 9.17) is 5.73 Å². The fourth-order valence-corrected chi connectivity index (χ4v) is 2.18. The summed E-state index contributed by atoms with van der Waals surface area (Å²) in [5.74, 6) is -0.197. The van der Waals surface area contributed by atoms with Crippen molar-refractivity contribution in [2.24, 2.45) is 5.41 Å². The first-order valence-electron chi connectivity index (χ1n) is 6.58. The molecule has 1 heterocycles. The van der Waals surface area contributed by atoms with Gasteiger partial charge in [0.05, 0.1) is 12.5 Å². The number of hydrogen-bond acceptors (Lipinski definition) is 3. The van der Waals surface area contributed by atoms with Gasteiger partial charge in [-0.25, -0.2) is 0 Å². The van der Waals surface area contributed by atoms with Crippen LogP contribution in [0.4, 0.5) is 5.69 Å². The minimum atomic E-state index is -0.505. The summed E-state index contributed by atoms with van der Waals surface area (Å²) in [4.78, 5) is 25.6. The van der Waals surface area contributed by atoms with Crippen LogP contribution in [-0.4, -0.2) is 16.7 Å². The molecule has 0 saturated carbocycles. The Hall–Kier alpha value is -1.84. The summed E-state index contributed by atoms with van der Waals surface area (Å²) in [7, 11) is 0. The number of anilines is 1. The first-order valence-corrected chi connectivity index (χ1v) is 6.58. The van der Waals surface area contributed by atoms with E-state index in [-0.39, 0.29) is 17.9 Å². The lowest BCUT2D eigenvalue weighted by molar-refractivity contribution is -0.164. The van der Waals surface area contributed by atoms with Gasteiger partial charge in [0.15, 0.2) is 0 Å². The van der Waals surface area contributed by atoms with Crippen molar-refractivity contribution >= 4 is 17.5 Å². The molecule has 1 aromatic carbocycles. The Morgan fingerprint density at radius 1 is 1.47 bits per heavy atom. The van der Waals surface area contributed by atoms with E-state index in [9.17, 15) is 9.59 Å². The number of hydrogen-bond donors (Lipinski definition) is 1. The second-order valence-electron chi connectivity index (χ2n) is 5.70. The fourth-order valence-electron chi connectivity index (χ4n) is 2.18. The van der Waals surface area contributed by atoms with Crippen molar-refractivity contribution in [3.05, 3.63) is 29.8 Å². The van der Waals surface area contributed by atoms with Gasteiger partial charge in [0.1, 0.15) is 0 Å². The number of rotatable bonds is 3. The predicted octanol–water partition coefficient (Wildman–Crippen LogP) is 2.50. The highest BCUT2D eigenvalue weighted by Crippen LogP contribution is 2.39. The number of nitrogens with two attached hydrogens (primary N) is 1. The number of likely N-dealkylation sites (tertiary alicyclic amines) is 1. The van der Waals surface area contributed by atoms with Crippen LogP contribution in [-0.2, 0) is 9.59 Å². The Kier molecular flexibility index (Phi) is 3.35. The topological polar surface area (TPSA) is 63.4 Å². The highest BCUT2D eigenvalue weighted by atomic mass is 16.2. The van der Waals surface area contributed by atoms with Gasteiger partial charge in [-0.2, -0.15) is 0 Å². The van der Waals surface area contributed by atoms with E-state index in [2.05, 4.69) is 0 Å². The zero-order chi connectivity index (χ0) is 14.2. The second kappa shape index (κ2) is 4.68. The van der Waals surface area contributed by atoms with Gasteiger partial charge in [0, 0.05) is 11.1 Å². The van der Waals surface area contributed by atoms with Crippen LogP contribution < -0.4 is 5.73 Å². The third-order valence-electron chi connectivity index (χ3n) is 3.93. The summed E-state index contributed by atoms with van der Waals surface area (Å²) in [6.07, 6.45) is 1.09. The van der Waals surface area contributed by atoms with Gasteiger partial charge in [-0.05, 0) is 24.1 Å². The lowest BCUT2D eigenvalue weighted by Gasteiger charge is -2.42. The molecular formula is C15H20N2O2.